The lowest BCUT2D eigenvalue weighted by molar-refractivity contribution is 0.814. The number of thiophene rings is 1. The summed E-state index contributed by atoms with van der Waals surface area (Å²) in [6.07, 6.45) is 1.71. The van der Waals surface area contributed by atoms with Crippen LogP contribution in [0.3, 0.4) is 0 Å². The second-order valence-electron chi connectivity index (χ2n) is 8.02. The summed E-state index contributed by atoms with van der Waals surface area (Å²) >= 11 is 2.96. The number of benzene rings is 1. The van der Waals surface area contributed by atoms with Gasteiger partial charge in [0.15, 0.2) is 5.16 Å². The van der Waals surface area contributed by atoms with Crippen LogP contribution in [0, 0.1) is 27.7 Å². The molecule has 5 aromatic rings. The highest BCUT2D eigenvalue weighted by atomic mass is 32.2. The van der Waals surface area contributed by atoms with Crippen LogP contribution in [-0.4, -0.2) is 18.9 Å². The van der Waals surface area contributed by atoms with Crippen LogP contribution in [0.25, 0.3) is 21.6 Å². The maximum absolute atomic E-state index is 13.7. The highest BCUT2D eigenvalue weighted by Gasteiger charge is 2.19. The van der Waals surface area contributed by atoms with Crippen molar-refractivity contribution in [3.05, 3.63) is 96.6 Å². The first-order valence-corrected chi connectivity index (χ1v) is 12.3. The fraction of sp³-hybridized carbons (Fsp3) is 0.200. The molecule has 0 saturated carbocycles. The zero-order valence-corrected chi connectivity index (χ0v) is 20.4. The Morgan fingerprint density at radius 3 is 2.61 bits per heavy atom. The van der Waals surface area contributed by atoms with E-state index in [4.69, 9.17) is 4.98 Å². The van der Waals surface area contributed by atoms with Gasteiger partial charge in [-0.1, -0.05) is 30.0 Å². The predicted octanol–water partition coefficient (Wildman–Crippen LogP) is 4.98. The van der Waals surface area contributed by atoms with Crippen LogP contribution in [0.4, 0.5) is 0 Å². The summed E-state index contributed by atoms with van der Waals surface area (Å²) in [6, 6.07) is 13.0. The largest absolute Gasteiger partial charge is 0.269 e. The van der Waals surface area contributed by atoms with Crippen molar-refractivity contribution in [2.75, 3.05) is 0 Å². The lowest BCUT2D eigenvalue weighted by Gasteiger charge is -2.15. The molecule has 4 heterocycles. The van der Waals surface area contributed by atoms with E-state index < -0.39 is 0 Å². The molecular weight excluding hydrogens is 452 g/mol. The Morgan fingerprint density at radius 1 is 0.970 bits per heavy atom. The van der Waals surface area contributed by atoms with Gasteiger partial charge in [-0.2, -0.15) is 0 Å². The Kier molecular flexibility index (Phi) is 5.42. The van der Waals surface area contributed by atoms with E-state index in [-0.39, 0.29) is 11.1 Å². The number of fused-ring (bicyclic) bond motifs is 2. The van der Waals surface area contributed by atoms with Crippen molar-refractivity contribution < 1.29 is 0 Å². The zero-order chi connectivity index (χ0) is 23.3. The highest BCUT2D eigenvalue weighted by Crippen LogP contribution is 2.31. The average Bonchev–Trinajstić information content (AvgIpc) is 3.08. The van der Waals surface area contributed by atoms with Gasteiger partial charge < -0.3 is 0 Å². The summed E-state index contributed by atoms with van der Waals surface area (Å²) < 4.78 is 3.23. The second-order valence-corrected chi connectivity index (χ2v) is 10.2. The molecule has 166 valence electrons. The molecule has 0 aliphatic rings. The highest BCUT2D eigenvalue weighted by molar-refractivity contribution is 7.98. The average molecular weight is 475 g/mol. The van der Waals surface area contributed by atoms with Crippen LogP contribution < -0.4 is 11.1 Å². The number of hydrogen-bond donors (Lipinski definition) is 0. The third kappa shape index (κ3) is 3.69. The molecule has 0 aliphatic heterocycles. The van der Waals surface area contributed by atoms with Gasteiger partial charge in [-0.05, 0) is 62.6 Å². The molecule has 4 aromatic heterocycles. The van der Waals surface area contributed by atoms with Gasteiger partial charge in [0.05, 0.1) is 16.8 Å². The van der Waals surface area contributed by atoms with Gasteiger partial charge >= 0.3 is 0 Å². The summed E-state index contributed by atoms with van der Waals surface area (Å²) in [6.45, 7) is 8.05. The van der Waals surface area contributed by atoms with Gasteiger partial charge in [0.25, 0.3) is 11.1 Å². The Morgan fingerprint density at radius 2 is 1.79 bits per heavy atom. The quantitative estimate of drug-likeness (QED) is 0.271. The fourth-order valence-corrected chi connectivity index (χ4v) is 5.85. The number of aryl methyl sites for hydroxylation is 3. The van der Waals surface area contributed by atoms with E-state index in [1.54, 1.807) is 22.9 Å². The maximum Gasteiger partial charge on any atom is 0.267 e. The third-order valence-corrected chi connectivity index (χ3v) is 8.04. The first-order chi connectivity index (χ1) is 15.8. The molecule has 0 aliphatic carbocycles. The minimum Gasteiger partial charge on any atom is -0.269 e. The van der Waals surface area contributed by atoms with Crippen molar-refractivity contribution >= 4 is 39.0 Å². The molecule has 0 atom stereocenters. The van der Waals surface area contributed by atoms with E-state index >= 15 is 0 Å². The Balaban J connectivity index is 1.67. The van der Waals surface area contributed by atoms with E-state index in [2.05, 4.69) is 4.98 Å². The summed E-state index contributed by atoms with van der Waals surface area (Å²) in [5, 5.41) is 1.27. The standard InChI is InChI=1S/C25H22N4O2S2/c1-14-8-7-9-19(15(14)2)29-24(31)22-16(3)17(4)33-23(22)27-25(29)32-13-18-12-21(30)28-11-6-5-10-20(28)26-18/h5-12H,13H2,1-4H3. The van der Waals surface area contributed by atoms with Crippen molar-refractivity contribution in [3.63, 3.8) is 0 Å². The van der Waals surface area contributed by atoms with Crippen molar-refractivity contribution in [2.45, 2.75) is 38.6 Å². The van der Waals surface area contributed by atoms with E-state index in [9.17, 15) is 9.59 Å². The van der Waals surface area contributed by atoms with Crippen molar-refractivity contribution in [1.29, 1.82) is 0 Å². The predicted molar refractivity (Wildman–Crippen MR) is 135 cm³/mol. The molecule has 6 nitrogen and oxygen atoms in total. The van der Waals surface area contributed by atoms with Gasteiger partial charge in [-0.3, -0.25) is 18.6 Å². The molecule has 0 N–H and O–H groups in total. The van der Waals surface area contributed by atoms with Crippen LogP contribution in [0.1, 0.15) is 27.3 Å². The third-order valence-electron chi connectivity index (χ3n) is 5.96. The first kappa shape index (κ1) is 21.6. The van der Waals surface area contributed by atoms with Crippen LogP contribution in [-0.2, 0) is 5.75 Å². The summed E-state index contributed by atoms with van der Waals surface area (Å²) in [5.41, 5.74) is 5.00. The molecule has 0 radical (unpaired) electrons. The molecule has 5 rings (SSSR count). The van der Waals surface area contributed by atoms with Gasteiger partial charge in [0.2, 0.25) is 0 Å². The molecule has 1 aromatic carbocycles. The molecule has 0 saturated heterocycles. The lowest BCUT2D eigenvalue weighted by Crippen LogP contribution is -2.22. The first-order valence-electron chi connectivity index (χ1n) is 10.5. The minimum atomic E-state index is -0.129. The number of rotatable bonds is 4. The summed E-state index contributed by atoms with van der Waals surface area (Å²) in [4.78, 5) is 37.6. The van der Waals surface area contributed by atoms with Crippen LogP contribution >= 0.6 is 23.1 Å². The van der Waals surface area contributed by atoms with Gasteiger partial charge in [0.1, 0.15) is 10.5 Å². The number of thioether (sulfide) groups is 1. The lowest BCUT2D eigenvalue weighted by atomic mass is 10.1. The van der Waals surface area contributed by atoms with Crippen molar-refractivity contribution in [3.8, 4) is 5.69 Å². The summed E-state index contributed by atoms with van der Waals surface area (Å²) in [7, 11) is 0. The maximum atomic E-state index is 13.7. The topological polar surface area (TPSA) is 69.3 Å². The number of pyridine rings is 1. The molecule has 0 fully saturated rings. The Bertz CT molecular complexity index is 1660. The molecule has 0 unspecified atom stereocenters. The smallest absolute Gasteiger partial charge is 0.267 e. The Labute approximate surface area is 198 Å². The zero-order valence-electron chi connectivity index (χ0n) is 18.7. The van der Waals surface area contributed by atoms with Gasteiger partial charge in [-0.15, -0.1) is 11.3 Å². The molecule has 33 heavy (non-hydrogen) atoms. The number of aromatic nitrogens is 4. The minimum absolute atomic E-state index is 0.0652. The molecule has 0 amide bonds. The molecule has 0 bridgehead atoms. The summed E-state index contributed by atoms with van der Waals surface area (Å²) in [5.74, 6) is 0.423. The molecular formula is C25H22N4O2S2. The SMILES string of the molecule is Cc1cccc(-n2c(SCc3cc(=O)n4ccccc4n3)nc3sc(C)c(C)c3c2=O)c1C. The fourth-order valence-electron chi connectivity index (χ4n) is 3.88. The van der Waals surface area contributed by atoms with E-state index in [0.717, 1.165) is 32.1 Å². The van der Waals surface area contributed by atoms with Gasteiger partial charge in [0, 0.05) is 22.9 Å². The van der Waals surface area contributed by atoms with E-state index in [0.29, 0.717) is 27.6 Å². The number of nitrogens with zero attached hydrogens (tertiary/aromatic N) is 4. The second kappa shape index (κ2) is 8.28. The van der Waals surface area contributed by atoms with E-state index in [1.807, 2.05) is 58.0 Å². The van der Waals surface area contributed by atoms with Crippen LogP contribution in [0.2, 0.25) is 0 Å². The number of hydrogen-bond acceptors (Lipinski definition) is 6. The van der Waals surface area contributed by atoms with Crippen molar-refractivity contribution in [2.24, 2.45) is 0 Å². The van der Waals surface area contributed by atoms with Crippen LogP contribution in [0.5, 0.6) is 0 Å². The van der Waals surface area contributed by atoms with Crippen LogP contribution in [0.15, 0.2) is 63.4 Å². The Hall–Kier alpha value is -3.23. The normalized spacial score (nSPS) is 11.5. The van der Waals surface area contributed by atoms with Crippen molar-refractivity contribution in [1.82, 2.24) is 18.9 Å². The van der Waals surface area contributed by atoms with Gasteiger partial charge in [-0.25, -0.2) is 9.97 Å². The molecule has 0 spiro atoms. The monoisotopic (exact) mass is 474 g/mol. The molecule has 8 heteroatoms. The van der Waals surface area contributed by atoms with E-state index in [1.165, 1.54) is 27.5 Å².